The average Bonchev–Trinajstić information content (AvgIpc) is 3.13. The van der Waals surface area contributed by atoms with Gasteiger partial charge in [0.2, 0.25) is 0 Å². The van der Waals surface area contributed by atoms with Gasteiger partial charge in [-0.1, -0.05) is 37.3 Å². The van der Waals surface area contributed by atoms with Crippen molar-refractivity contribution >= 4 is 27.5 Å². The van der Waals surface area contributed by atoms with Crippen molar-refractivity contribution in [2.45, 2.75) is 25.6 Å². The summed E-state index contributed by atoms with van der Waals surface area (Å²) in [7, 11) is 1.44. The summed E-state index contributed by atoms with van der Waals surface area (Å²) in [5.74, 6) is -0.384. The van der Waals surface area contributed by atoms with Crippen LogP contribution in [0.4, 0.5) is 13.2 Å². The van der Waals surface area contributed by atoms with Crippen molar-refractivity contribution in [2.24, 2.45) is 7.05 Å². The van der Waals surface area contributed by atoms with Crippen LogP contribution in [0.1, 0.15) is 40.3 Å². The van der Waals surface area contributed by atoms with Crippen molar-refractivity contribution in [2.75, 3.05) is 0 Å². The van der Waals surface area contributed by atoms with E-state index in [9.17, 15) is 18.0 Å². The van der Waals surface area contributed by atoms with E-state index < -0.39 is 11.9 Å². The second-order valence-corrected chi connectivity index (χ2v) is 6.68. The fraction of sp³-hybridized carbons (Fsp3) is 0.294. The Morgan fingerprint density at radius 3 is 2.60 bits per heavy atom. The highest BCUT2D eigenvalue weighted by Gasteiger charge is 2.37. The summed E-state index contributed by atoms with van der Waals surface area (Å²) >= 11 is 1.01. The van der Waals surface area contributed by atoms with Gasteiger partial charge in [0.1, 0.15) is 4.83 Å². The molecule has 0 aliphatic carbocycles. The van der Waals surface area contributed by atoms with E-state index in [4.69, 9.17) is 0 Å². The second kappa shape index (κ2) is 6.51. The van der Waals surface area contributed by atoms with E-state index in [1.165, 1.54) is 13.1 Å². The summed E-state index contributed by atoms with van der Waals surface area (Å²) in [6.07, 6.45) is -3.87. The lowest BCUT2D eigenvalue weighted by Crippen LogP contribution is -2.27. The Morgan fingerprint density at radius 2 is 2.00 bits per heavy atom. The summed E-state index contributed by atoms with van der Waals surface area (Å²) in [6, 6.07) is 10.5. The third-order valence-corrected chi connectivity index (χ3v) is 5.12. The predicted molar refractivity (Wildman–Crippen MR) is 90.5 cm³/mol. The van der Waals surface area contributed by atoms with Crippen LogP contribution in [-0.2, 0) is 13.2 Å². The number of carbonyl (C=O) groups is 1. The van der Waals surface area contributed by atoms with Gasteiger partial charge < -0.3 is 5.32 Å². The van der Waals surface area contributed by atoms with Crippen LogP contribution in [0.2, 0.25) is 0 Å². The third kappa shape index (κ3) is 3.39. The molecule has 1 atom stereocenters. The number of hydrogen-bond donors (Lipinski definition) is 1. The number of nitrogens with zero attached hydrogens (tertiary/aromatic N) is 2. The Morgan fingerprint density at radius 1 is 1.32 bits per heavy atom. The van der Waals surface area contributed by atoms with Crippen LogP contribution in [0.25, 0.3) is 10.2 Å². The molecule has 3 rings (SSSR count). The van der Waals surface area contributed by atoms with Gasteiger partial charge in [0.15, 0.2) is 5.69 Å². The van der Waals surface area contributed by atoms with E-state index in [-0.39, 0.29) is 22.2 Å². The van der Waals surface area contributed by atoms with E-state index in [0.717, 1.165) is 21.6 Å². The molecule has 1 N–H and O–H groups in total. The van der Waals surface area contributed by atoms with Gasteiger partial charge in [0, 0.05) is 12.4 Å². The fourth-order valence-electron chi connectivity index (χ4n) is 2.70. The maximum Gasteiger partial charge on any atom is 0.435 e. The Bertz CT molecular complexity index is 899. The Balaban J connectivity index is 1.90. The van der Waals surface area contributed by atoms with Gasteiger partial charge in [-0.2, -0.15) is 18.3 Å². The van der Waals surface area contributed by atoms with Gasteiger partial charge in [-0.05, 0) is 18.1 Å². The minimum absolute atomic E-state index is 0.0436. The first-order chi connectivity index (χ1) is 11.8. The quantitative estimate of drug-likeness (QED) is 0.736. The number of fused-ring (bicyclic) bond motifs is 1. The number of nitrogens with one attached hydrogen (secondary N) is 1. The molecule has 0 radical (unpaired) electrons. The van der Waals surface area contributed by atoms with Crippen molar-refractivity contribution in [3.05, 3.63) is 52.5 Å². The Labute approximate surface area is 146 Å². The highest BCUT2D eigenvalue weighted by atomic mass is 32.1. The van der Waals surface area contributed by atoms with Crippen LogP contribution in [-0.4, -0.2) is 15.7 Å². The number of carbonyl (C=O) groups excluding carboxylic acids is 1. The number of alkyl halides is 3. The lowest BCUT2D eigenvalue weighted by molar-refractivity contribution is -0.140. The molecule has 0 saturated carbocycles. The lowest BCUT2D eigenvalue weighted by atomic mass is 10.0. The number of amides is 1. The molecule has 2 heterocycles. The molecule has 25 heavy (non-hydrogen) atoms. The van der Waals surface area contributed by atoms with Gasteiger partial charge >= 0.3 is 6.18 Å². The molecule has 3 aromatic rings. The third-order valence-electron chi connectivity index (χ3n) is 3.92. The molecule has 0 unspecified atom stereocenters. The first kappa shape index (κ1) is 17.5. The van der Waals surface area contributed by atoms with Gasteiger partial charge in [0.05, 0.1) is 10.9 Å². The van der Waals surface area contributed by atoms with Gasteiger partial charge in [-0.15, -0.1) is 11.3 Å². The highest BCUT2D eigenvalue weighted by Crippen LogP contribution is 2.37. The molecule has 0 spiro atoms. The van der Waals surface area contributed by atoms with E-state index in [1.54, 1.807) is 0 Å². The fourth-order valence-corrected chi connectivity index (χ4v) is 3.67. The molecule has 4 nitrogen and oxygen atoms in total. The molecule has 0 aliphatic heterocycles. The van der Waals surface area contributed by atoms with Crippen molar-refractivity contribution in [3.63, 3.8) is 0 Å². The smallest absolute Gasteiger partial charge is 0.345 e. The standard InChI is InChI=1S/C17H16F3N3OS/c1-3-12(10-7-5-4-6-8-10)21-15(24)13-9-11-14(17(18,19)20)22-23(2)16(11)25-13/h4-9,12H,3H2,1-2H3,(H,21,24)/t12-/m1/s1. The summed E-state index contributed by atoms with van der Waals surface area (Å²) in [5.41, 5.74) is -0.00694. The first-order valence-electron chi connectivity index (χ1n) is 7.70. The number of aryl methyl sites for hydroxylation is 1. The maximum absolute atomic E-state index is 13.1. The minimum atomic E-state index is -4.55. The maximum atomic E-state index is 13.1. The van der Waals surface area contributed by atoms with E-state index in [0.29, 0.717) is 11.3 Å². The largest absolute Gasteiger partial charge is 0.435 e. The van der Waals surface area contributed by atoms with Crippen molar-refractivity contribution in [1.82, 2.24) is 15.1 Å². The molecular weight excluding hydrogens is 351 g/mol. The Hall–Kier alpha value is -2.35. The zero-order chi connectivity index (χ0) is 18.2. The van der Waals surface area contributed by atoms with Gasteiger partial charge in [-0.3, -0.25) is 9.48 Å². The average molecular weight is 367 g/mol. The topological polar surface area (TPSA) is 46.9 Å². The molecular formula is C17H16F3N3OS. The first-order valence-corrected chi connectivity index (χ1v) is 8.52. The number of rotatable bonds is 4. The molecule has 8 heteroatoms. The molecule has 0 saturated heterocycles. The van der Waals surface area contributed by atoms with Crippen LogP contribution in [0, 0.1) is 0 Å². The summed E-state index contributed by atoms with van der Waals surface area (Å²) in [6.45, 7) is 1.94. The van der Waals surface area contributed by atoms with Crippen molar-refractivity contribution < 1.29 is 18.0 Å². The van der Waals surface area contributed by atoms with E-state index >= 15 is 0 Å². The summed E-state index contributed by atoms with van der Waals surface area (Å²) in [5, 5.41) is 6.36. The zero-order valence-corrected chi connectivity index (χ0v) is 14.4. The van der Waals surface area contributed by atoms with Gasteiger partial charge in [0.25, 0.3) is 5.91 Å². The highest BCUT2D eigenvalue weighted by molar-refractivity contribution is 7.20. The van der Waals surface area contributed by atoms with E-state index in [1.807, 2.05) is 37.3 Å². The number of hydrogen-bond acceptors (Lipinski definition) is 3. The molecule has 0 fully saturated rings. The van der Waals surface area contributed by atoms with Crippen LogP contribution < -0.4 is 5.32 Å². The van der Waals surface area contributed by atoms with Crippen molar-refractivity contribution in [3.8, 4) is 0 Å². The van der Waals surface area contributed by atoms with Crippen LogP contribution in [0.3, 0.4) is 0 Å². The molecule has 2 aromatic heterocycles. The Kier molecular flexibility index (Phi) is 4.55. The van der Waals surface area contributed by atoms with Crippen LogP contribution in [0.15, 0.2) is 36.4 Å². The molecule has 1 amide bonds. The van der Waals surface area contributed by atoms with Gasteiger partial charge in [-0.25, -0.2) is 0 Å². The van der Waals surface area contributed by atoms with Crippen molar-refractivity contribution in [1.29, 1.82) is 0 Å². The number of halogens is 3. The van der Waals surface area contributed by atoms with Crippen LogP contribution in [0.5, 0.6) is 0 Å². The predicted octanol–water partition coefficient (Wildman–Crippen LogP) is 4.53. The van der Waals surface area contributed by atoms with E-state index in [2.05, 4.69) is 10.4 Å². The summed E-state index contributed by atoms with van der Waals surface area (Å²) < 4.78 is 40.3. The molecule has 0 bridgehead atoms. The summed E-state index contributed by atoms with van der Waals surface area (Å²) in [4.78, 5) is 13.1. The molecule has 0 aliphatic rings. The second-order valence-electron chi connectivity index (χ2n) is 5.64. The molecule has 132 valence electrons. The normalized spacial score (nSPS) is 13.2. The lowest BCUT2D eigenvalue weighted by Gasteiger charge is -2.16. The minimum Gasteiger partial charge on any atom is -0.345 e. The zero-order valence-electron chi connectivity index (χ0n) is 13.6. The number of benzene rings is 1. The number of thiophene rings is 1. The van der Waals surface area contributed by atoms with Crippen LogP contribution >= 0.6 is 11.3 Å². The number of aromatic nitrogens is 2. The monoisotopic (exact) mass is 367 g/mol. The molecule has 1 aromatic carbocycles. The SMILES string of the molecule is CC[C@@H](NC(=O)c1cc2c(C(F)(F)F)nn(C)c2s1)c1ccccc1.